The molecule has 2 rings (SSSR count). The highest BCUT2D eigenvalue weighted by atomic mass is 16.5. The molecule has 0 saturated heterocycles. The fourth-order valence-electron chi connectivity index (χ4n) is 2.25. The Balaban J connectivity index is 2.77. The van der Waals surface area contributed by atoms with Gasteiger partial charge in [-0.1, -0.05) is 18.2 Å². The van der Waals surface area contributed by atoms with Gasteiger partial charge in [-0.05, 0) is 30.7 Å². The van der Waals surface area contributed by atoms with Gasteiger partial charge in [0.05, 0.1) is 18.2 Å². The van der Waals surface area contributed by atoms with E-state index in [-0.39, 0.29) is 22.4 Å². The third-order valence-electron chi connectivity index (χ3n) is 3.36. The van der Waals surface area contributed by atoms with Crippen molar-refractivity contribution in [2.75, 3.05) is 7.11 Å². The number of carboxylic acids is 2. The molecule has 7 heteroatoms. The van der Waals surface area contributed by atoms with Gasteiger partial charge in [0.25, 0.3) is 0 Å². The van der Waals surface area contributed by atoms with Gasteiger partial charge in [-0.25, -0.2) is 14.4 Å². The Kier molecular flexibility index (Phi) is 4.84. The molecule has 7 nitrogen and oxygen atoms in total. The van der Waals surface area contributed by atoms with E-state index in [9.17, 15) is 24.6 Å². The molecule has 0 aromatic heterocycles. The van der Waals surface area contributed by atoms with Crippen LogP contribution in [0.25, 0.3) is 0 Å². The van der Waals surface area contributed by atoms with Gasteiger partial charge < -0.3 is 19.7 Å². The number of methoxy groups -OCH3 is 1. The van der Waals surface area contributed by atoms with Gasteiger partial charge in [0.1, 0.15) is 17.1 Å². The molecule has 0 bridgehead atoms. The van der Waals surface area contributed by atoms with Gasteiger partial charge in [-0.3, -0.25) is 0 Å². The zero-order chi connectivity index (χ0) is 17.9. The summed E-state index contributed by atoms with van der Waals surface area (Å²) in [4.78, 5) is 35.0. The Morgan fingerprint density at radius 2 is 1.58 bits per heavy atom. The molecule has 2 N–H and O–H groups in total. The molecule has 0 radical (unpaired) electrons. The standard InChI is InChI=1S/C17H14O7/c1-9-11(15(18)19)8-12(24-10-6-4-3-5-7-10)14(17(22)23-2)13(9)16(20)21/h3-8H,1-2H3,(H,18,19)(H,20,21). The van der Waals surface area contributed by atoms with Crippen molar-refractivity contribution in [3.05, 3.63) is 58.7 Å². The molecule has 0 fully saturated rings. The molecule has 0 spiro atoms. The maximum absolute atomic E-state index is 12.1. The van der Waals surface area contributed by atoms with Gasteiger partial charge in [-0.15, -0.1) is 0 Å². The van der Waals surface area contributed by atoms with Crippen molar-refractivity contribution in [1.29, 1.82) is 0 Å². The van der Waals surface area contributed by atoms with Crippen molar-refractivity contribution >= 4 is 17.9 Å². The Hall–Kier alpha value is -3.35. The molecule has 0 heterocycles. The predicted molar refractivity (Wildman–Crippen MR) is 83.0 cm³/mol. The van der Waals surface area contributed by atoms with Crippen molar-refractivity contribution in [2.24, 2.45) is 0 Å². The number of ether oxygens (including phenoxy) is 2. The summed E-state index contributed by atoms with van der Waals surface area (Å²) in [5.74, 6) is -3.59. The summed E-state index contributed by atoms with van der Waals surface area (Å²) in [6, 6.07) is 9.39. The van der Waals surface area contributed by atoms with E-state index in [0.29, 0.717) is 5.75 Å². The minimum absolute atomic E-state index is 0.0594. The summed E-state index contributed by atoms with van der Waals surface area (Å²) in [6.07, 6.45) is 0. The lowest BCUT2D eigenvalue weighted by Crippen LogP contribution is -2.16. The zero-order valence-corrected chi connectivity index (χ0v) is 12.9. The summed E-state index contributed by atoms with van der Waals surface area (Å²) < 4.78 is 10.2. The molecule has 124 valence electrons. The summed E-state index contributed by atoms with van der Waals surface area (Å²) in [7, 11) is 1.10. The molecule has 0 aliphatic carbocycles. The highest BCUT2D eigenvalue weighted by molar-refractivity contribution is 6.08. The van der Waals surface area contributed by atoms with Gasteiger partial charge in [-0.2, -0.15) is 0 Å². The van der Waals surface area contributed by atoms with Crippen LogP contribution in [0.4, 0.5) is 0 Å². The third-order valence-corrected chi connectivity index (χ3v) is 3.36. The van der Waals surface area contributed by atoms with Crippen LogP contribution in [0.1, 0.15) is 36.6 Å². The number of rotatable bonds is 5. The van der Waals surface area contributed by atoms with Gasteiger partial charge in [0.2, 0.25) is 0 Å². The van der Waals surface area contributed by atoms with Crippen LogP contribution in [-0.4, -0.2) is 35.2 Å². The summed E-state index contributed by atoms with van der Waals surface area (Å²) in [5.41, 5.74) is -1.13. The zero-order valence-electron chi connectivity index (χ0n) is 12.9. The van der Waals surface area contributed by atoms with E-state index in [4.69, 9.17) is 4.74 Å². The molecule has 0 aliphatic heterocycles. The first-order chi connectivity index (χ1) is 11.4. The van der Waals surface area contributed by atoms with Crippen molar-refractivity contribution in [2.45, 2.75) is 6.92 Å². The molecule has 24 heavy (non-hydrogen) atoms. The molecular weight excluding hydrogens is 316 g/mol. The highest BCUT2D eigenvalue weighted by Crippen LogP contribution is 2.33. The van der Waals surface area contributed by atoms with Crippen molar-refractivity contribution < 1.29 is 34.1 Å². The Morgan fingerprint density at radius 1 is 0.958 bits per heavy atom. The molecule has 0 aliphatic rings. The second kappa shape index (κ2) is 6.82. The molecule has 2 aromatic rings. The van der Waals surface area contributed by atoms with Crippen LogP contribution in [0.5, 0.6) is 11.5 Å². The number of para-hydroxylation sites is 1. The van der Waals surface area contributed by atoms with Crippen LogP contribution in [0.3, 0.4) is 0 Å². The Morgan fingerprint density at radius 3 is 2.08 bits per heavy atom. The Bertz CT molecular complexity index is 809. The van der Waals surface area contributed by atoms with Gasteiger partial charge >= 0.3 is 17.9 Å². The van der Waals surface area contributed by atoms with E-state index in [1.807, 2.05) is 0 Å². The molecular formula is C17H14O7. The Labute approximate surface area is 137 Å². The number of carbonyl (C=O) groups is 3. The molecule has 0 saturated carbocycles. The number of esters is 1. The lowest BCUT2D eigenvalue weighted by molar-refractivity contribution is 0.0577. The lowest BCUT2D eigenvalue weighted by atomic mass is 9.95. The number of carbonyl (C=O) groups excluding carboxylic acids is 1. The number of hydrogen-bond acceptors (Lipinski definition) is 5. The van der Waals surface area contributed by atoms with Crippen LogP contribution >= 0.6 is 0 Å². The van der Waals surface area contributed by atoms with E-state index >= 15 is 0 Å². The second-order valence-corrected chi connectivity index (χ2v) is 4.81. The lowest BCUT2D eigenvalue weighted by Gasteiger charge is -2.16. The third kappa shape index (κ3) is 3.19. The monoisotopic (exact) mass is 330 g/mol. The van der Waals surface area contributed by atoms with Crippen molar-refractivity contribution in [3.63, 3.8) is 0 Å². The first kappa shape index (κ1) is 17.0. The average molecular weight is 330 g/mol. The molecule has 2 aromatic carbocycles. The van der Waals surface area contributed by atoms with Crippen molar-refractivity contribution in [1.82, 2.24) is 0 Å². The van der Waals surface area contributed by atoms with Gasteiger partial charge in [0.15, 0.2) is 0 Å². The van der Waals surface area contributed by atoms with Crippen LogP contribution in [-0.2, 0) is 4.74 Å². The smallest absolute Gasteiger partial charge is 0.342 e. The summed E-state index contributed by atoms with van der Waals surface area (Å²) in [5, 5.41) is 18.7. The van der Waals surface area contributed by atoms with E-state index < -0.39 is 23.5 Å². The van der Waals surface area contributed by atoms with Gasteiger partial charge in [0, 0.05) is 0 Å². The fraction of sp³-hybridized carbons (Fsp3) is 0.118. The van der Waals surface area contributed by atoms with Crippen molar-refractivity contribution in [3.8, 4) is 11.5 Å². The average Bonchev–Trinajstić information content (AvgIpc) is 2.55. The first-order valence-corrected chi connectivity index (χ1v) is 6.82. The number of hydrogen-bond donors (Lipinski definition) is 2. The second-order valence-electron chi connectivity index (χ2n) is 4.81. The van der Waals surface area contributed by atoms with E-state index in [0.717, 1.165) is 13.2 Å². The van der Waals surface area contributed by atoms with E-state index in [2.05, 4.69) is 4.74 Å². The minimum atomic E-state index is -1.45. The summed E-state index contributed by atoms with van der Waals surface area (Å²) >= 11 is 0. The van der Waals surface area contributed by atoms with E-state index in [1.165, 1.54) is 6.92 Å². The number of benzene rings is 2. The normalized spacial score (nSPS) is 10.1. The number of aromatic carboxylic acids is 2. The fourth-order valence-corrected chi connectivity index (χ4v) is 2.25. The topological polar surface area (TPSA) is 110 Å². The van der Waals surface area contributed by atoms with Crippen LogP contribution in [0.2, 0.25) is 0 Å². The van der Waals surface area contributed by atoms with Crippen LogP contribution in [0, 0.1) is 6.92 Å². The SMILES string of the molecule is COC(=O)c1c(Oc2ccccc2)cc(C(=O)O)c(C)c1C(=O)O. The van der Waals surface area contributed by atoms with Crippen LogP contribution in [0.15, 0.2) is 36.4 Å². The maximum Gasteiger partial charge on any atom is 0.342 e. The van der Waals surface area contributed by atoms with E-state index in [1.54, 1.807) is 30.3 Å². The quantitative estimate of drug-likeness (QED) is 0.811. The molecule has 0 amide bonds. The molecule has 0 atom stereocenters. The maximum atomic E-state index is 12.1. The molecule has 0 unspecified atom stereocenters. The number of carboxylic acid groups (broad SMARTS) is 2. The van der Waals surface area contributed by atoms with Crippen LogP contribution < -0.4 is 4.74 Å². The highest BCUT2D eigenvalue weighted by Gasteiger charge is 2.29. The first-order valence-electron chi connectivity index (χ1n) is 6.82. The predicted octanol–water partition coefficient (Wildman–Crippen LogP) is 2.97. The minimum Gasteiger partial charge on any atom is -0.478 e. The largest absolute Gasteiger partial charge is 0.478 e. The summed E-state index contributed by atoms with van der Waals surface area (Å²) in [6.45, 7) is 1.31.